The van der Waals surface area contributed by atoms with Gasteiger partial charge < -0.3 is 16.0 Å². The number of rotatable bonds is 6. The van der Waals surface area contributed by atoms with Crippen molar-refractivity contribution in [3.05, 3.63) is 23.2 Å². The minimum absolute atomic E-state index is 0.134. The number of carbonyl (C=O) groups is 3. The molecule has 4 bridgehead atoms. The molecule has 4 aliphatic rings. The minimum atomic E-state index is -0.224. The van der Waals surface area contributed by atoms with Crippen molar-refractivity contribution in [3.8, 4) is 0 Å². The van der Waals surface area contributed by atoms with Gasteiger partial charge in [0.05, 0.1) is 10.7 Å². The van der Waals surface area contributed by atoms with Crippen molar-refractivity contribution in [1.29, 1.82) is 0 Å². The van der Waals surface area contributed by atoms with Crippen LogP contribution < -0.4 is 16.0 Å². The van der Waals surface area contributed by atoms with Gasteiger partial charge in [-0.1, -0.05) is 11.6 Å². The molecule has 0 unspecified atom stereocenters. The zero-order valence-electron chi connectivity index (χ0n) is 16.7. The number of halogens is 1. The van der Waals surface area contributed by atoms with Gasteiger partial charge in [0, 0.05) is 31.0 Å². The summed E-state index contributed by atoms with van der Waals surface area (Å²) in [5.41, 5.74) is 0.809. The number of hydrogen-bond acceptors (Lipinski definition) is 3. The highest BCUT2D eigenvalue weighted by Crippen LogP contribution is 2.60. The molecular weight excluding hydrogens is 390 g/mol. The van der Waals surface area contributed by atoms with E-state index in [1.54, 1.807) is 18.2 Å². The first-order chi connectivity index (χ1) is 13.8. The second-order valence-electron chi connectivity index (χ2n) is 9.13. The van der Waals surface area contributed by atoms with E-state index >= 15 is 0 Å². The molecule has 7 heteroatoms. The molecular formula is C22H28ClN3O3. The SMILES string of the molecule is CC(=O)Nc1ccc(Cl)c(NC(=O)CCNC(=O)C23CC4CC(CC(C4)C2)C3)c1. The van der Waals surface area contributed by atoms with Crippen LogP contribution in [0.1, 0.15) is 51.9 Å². The molecule has 1 aromatic rings. The lowest BCUT2D eigenvalue weighted by molar-refractivity contribution is -0.146. The van der Waals surface area contributed by atoms with Crippen LogP contribution in [0.25, 0.3) is 0 Å². The van der Waals surface area contributed by atoms with Crippen LogP contribution in [0.2, 0.25) is 5.02 Å². The lowest BCUT2D eigenvalue weighted by atomic mass is 9.49. The first-order valence-corrected chi connectivity index (χ1v) is 10.9. The molecule has 0 radical (unpaired) electrons. The Labute approximate surface area is 176 Å². The highest BCUT2D eigenvalue weighted by molar-refractivity contribution is 6.33. The molecule has 156 valence electrons. The van der Waals surface area contributed by atoms with E-state index in [4.69, 9.17) is 11.6 Å². The Morgan fingerprint density at radius 2 is 1.66 bits per heavy atom. The van der Waals surface area contributed by atoms with Gasteiger partial charge in [-0.2, -0.15) is 0 Å². The highest BCUT2D eigenvalue weighted by atomic mass is 35.5. The van der Waals surface area contributed by atoms with Gasteiger partial charge in [-0.15, -0.1) is 0 Å². The van der Waals surface area contributed by atoms with Crippen molar-refractivity contribution in [1.82, 2.24) is 5.32 Å². The Bertz CT molecular complexity index is 803. The molecule has 1 aromatic carbocycles. The molecule has 4 aliphatic carbocycles. The molecule has 0 saturated heterocycles. The molecule has 6 nitrogen and oxygen atoms in total. The number of carbonyl (C=O) groups excluding carboxylic acids is 3. The predicted octanol–water partition coefficient (Wildman–Crippen LogP) is 3.96. The average molecular weight is 418 g/mol. The van der Waals surface area contributed by atoms with E-state index in [0.29, 0.717) is 40.7 Å². The fourth-order valence-electron chi connectivity index (χ4n) is 5.98. The first kappa shape index (κ1) is 20.2. The third-order valence-electron chi connectivity index (χ3n) is 6.72. The van der Waals surface area contributed by atoms with Crippen molar-refractivity contribution in [3.63, 3.8) is 0 Å². The van der Waals surface area contributed by atoms with Crippen LogP contribution >= 0.6 is 11.6 Å². The largest absolute Gasteiger partial charge is 0.355 e. The number of nitrogens with one attached hydrogen (secondary N) is 3. The summed E-state index contributed by atoms with van der Waals surface area (Å²) in [6.45, 7) is 1.73. The van der Waals surface area contributed by atoms with Crippen LogP contribution in [-0.4, -0.2) is 24.3 Å². The topological polar surface area (TPSA) is 87.3 Å². The molecule has 4 fully saturated rings. The van der Waals surface area contributed by atoms with Gasteiger partial charge in [-0.3, -0.25) is 14.4 Å². The number of amides is 3. The van der Waals surface area contributed by atoms with Crippen molar-refractivity contribution in [2.45, 2.75) is 51.9 Å². The standard InChI is InChI=1S/C22H28ClN3O3/c1-13(27)25-17-2-3-18(23)19(9-17)26-20(28)4-5-24-21(29)22-10-14-6-15(11-22)8-16(7-14)12-22/h2-3,9,14-16H,4-8,10-12H2,1H3,(H,24,29)(H,25,27)(H,26,28). The quantitative estimate of drug-likeness (QED) is 0.654. The van der Waals surface area contributed by atoms with Crippen molar-refractivity contribution in [2.75, 3.05) is 17.2 Å². The average Bonchev–Trinajstić information content (AvgIpc) is 2.63. The summed E-state index contributed by atoms with van der Waals surface area (Å²) in [6.07, 6.45) is 7.13. The third-order valence-corrected chi connectivity index (χ3v) is 7.05. The summed E-state index contributed by atoms with van der Waals surface area (Å²) in [5.74, 6) is 1.86. The van der Waals surface area contributed by atoms with Gasteiger partial charge in [-0.25, -0.2) is 0 Å². The van der Waals surface area contributed by atoms with Gasteiger partial charge in [0.15, 0.2) is 0 Å². The number of benzene rings is 1. The Morgan fingerprint density at radius 3 is 2.24 bits per heavy atom. The summed E-state index contributed by atoms with van der Waals surface area (Å²) in [7, 11) is 0. The maximum Gasteiger partial charge on any atom is 0.226 e. The molecule has 3 N–H and O–H groups in total. The van der Waals surface area contributed by atoms with E-state index in [1.165, 1.54) is 26.2 Å². The fraction of sp³-hybridized carbons (Fsp3) is 0.591. The number of anilines is 2. The first-order valence-electron chi connectivity index (χ1n) is 10.5. The maximum absolute atomic E-state index is 12.9. The molecule has 0 spiro atoms. The molecule has 5 rings (SSSR count). The fourth-order valence-corrected chi connectivity index (χ4v) is 6.15. The molecule has 3 amide bonds. The van der Waals surface area contributed by atoms with E-state index in [-0.39, 0.29) is 29.6 Å². The Hall–Kier alpha value is -2.08. The van der Waals surface area contributed by atoms with Crippen LogP contribution in [0, 0.1) is 23.2 Å². The normalized spacial score (nSPS) is 29.4. The van der Waals surface area contributed by atoms with E-state index < -0.39 is 0 Å². The van der Waals surface area contributed by atoms with E-state index in [1.807, 2.05) is 0 Å². The van der Waals surface area contributed by atoms with Crippen molar-refractivity contribution >= 4 is 40.7 Å². The Balaban J connectivity index is 1.28. The lowest BCUT2D eigenvalue weighted by Crippen LogP contribution is -2.53. The Kier molecular flexibility index (Phi) is 5.56. The van der Waals surface area contributed by atoms with Gasteiger partial charge >= 0.3 is 0 Å². The minimum Gasteiger partial charge on any atom is -0.355 e. The van der Waals surface area contributed by atoms with Crippen LogP contribution in [0.15, 0.2) is 18.2 Å². The maximum atomic E-state index is 12.9. The summed E-state index contributed by atoms with van der Waals surface area (Å²) in [5, 5.41) is 8.83. The van der Waals surface area contributed by atoms with Crippen LogP contribution in [0.4, 0.5) is 11.4 Å². The second kappa shape index (κ2) is 7.98. The molecule has 0 aliphatic heterocycles. The lowest BCUT2D eigenvalue weighted by Gasteiger charge is -2.55. The van der Waals surface area contributed by atoms with Gasteiger partial charge in [0.1, 0.15) is 0 Å². The van der Waals surface area contributed by atoms with Crippen LogP contribution in [0.3, 0.4) is 0 Å². The van der Waals surface area contributed by atoms with Gasteiger partial charge in [-0.05, 0) is 74.5 Å². The zero-order chi connectivity index (χ0) is 20.6. The van der Waals surface area contributed by atoms with Crippen molar-refractivity contribution < 1.29 is 14.4 Å². The summed E-state index contributed by atoms with van der Waals surface area (Å²) in [6, 6.07) is 4.91. The van der Waals surface area contributed by atoms with E-state index in [9.17, 15) is 14.4 Å². The van der Waals surface area contributed by atoms with Crippen LogP contribution in [0.5, 0.6) is 0 Å². The van der Waals surface area contributed by atoms with Gasteiger partial charge in [0.25, 0.3) is 0 Å². The summed E-state index contributed by atoms with van der Waals surface area (Å²) >= 11 is 6.14. The zero-order valence-corrected chi connectivity index (χ0v) is 17.5. The monoisotopic (exact) mass is 417 g/mol. The van der Waals surface area contributed by atoms with Crippen LogP contribution in [-0.2, 0) is 14.4 Å². The molecule has 0 atom stereocenters. The van der Waals surface area contributed by atoms with Gasteiger partial charge in [0.2, 0.25) is 17.7 Å². The van der Waals surface area contributed by atoms with E-state index in [0.717, 1.165) is 19.3 Å². The van der Waals surface area contributed by atoms with Crippen molar-refractivity contribution in [2.24, 2.45) is 23.2 Å². The summed E-state index contributed by atoms with van der Waals surface area (Å²) < 4.78 is 0. The molecule has 29 heavy (non-hydrogen) atoms. The molecule has 4 saturated carbocycles. The highest BCUT2D eigenvalue weighted by Gasteiger charge is 2.54. The summed E-state index contributed by atoms with van der Waals surface area (Å²) in [4.78, 5) is 36.4. The smallest absolute Gasteiger partial charge is 0.226 e. The third kappa shape index (κ3) is 4.42. The Morgan fingerprint density at radius 1 is 1.03 bits per heavy atom. The molecule has 0 aromatic heterocycles. The predicted molar refractivity (Wildman–Crippen MR) is 113 cm³/mol. The second-order valence-corrected chi connectivity index (χ2v) is 9.53. The van der Waals surface area contributed by atoms with E-state index in [2.05, 4.69) is 16.0 Å². The molecule has 0 heterocycles. The number of hydrogen-bond donors (Lipinski definition) is 3.